The molecule has 3 heteroatoms. The zero-order chi connectivity index (χ0) is 13.2. The summed E-state index contributed by atoms with van der Waals surface area (Å²) in [7, 11) is 0. The summed E-state index contributed by atoms with van der Waals surface area (Å²) in [6.07, 6.45) is 8.12. The summed E-state index contributed by atoms with van der Waals surface area (Å²) in [6, 6.07) is 9.60. The number of rotatable bonds is 7. The third-order valence-corrected chi connectivity index (χ3v) is 2.72. The van der Waals surface area contributed by atoms with Crippen LogP contribution in [-0.2, 0) is 4.79 Å². The minimum absolute atomic E-state index is 0.0402. The average Bonchev–Trinajstić information content (AvgIpc) is 2.42. The molecule has 3 nitrogen and oxygen atoms in total. The van der Waals surface area contributed by atoms with E-state index >= 15 is 0 Å². The highest BCUT2D eigenvalue weighted by Gasteiger charge is 2.07. The van der Waals surface area contributed by atoms with E-state index in [2.05, 4.69) is 11.2 Å². The van der Waals surface area contributed by atoms with Crippen LogP contribution in [0.15, 0.2) is 30.3 Å². The fourth-order valence-electron chi connectivity index (χ4n) is 1.64. The zero-order valence-electron chi connectivity index (χ0n) is 10.6. The molecule has 3 N–H and O–H groups in total. The minimum Gasteiger partial charge on any atom is -0.354 e. The standard InChI is InChI=1S/C15H20N2O/c1-2-3-4-8-11-15(18)17-12-14(16)13-9-6-5-7-10-13/h1,5-7,9-10,14H,3-4,8,11-12,16H2,(H,17,18). The lowest BCUT2D eigenvalue weighted by molar-refractivity contribution is -0.121. The van der Waals surface area contributed by atoms with E-state index in [0.717, 1.165) is 24.8 Å². The van der Waals surface area contributed by atoms with Crippen LogP contribution in [0.4, 0.5) is 0 Å². The molecule has 1 amide bonds. The Morgan fingerprint density at radius 3 is 2.72 bits per heavy atom. The van der Waals surface area contributed by atoms with Gasteiger partial charge >= 0.3 is 0 Å². The highest BCUT2D eigenvalue weighted by atomic mass is 16.1. The molecule has 1 rings (SSSR count). The Bertz CT molecular complexity index is 395. The van der Waals surface area contributed by atoms with Crippen molar-refractivity contribution in [3.63, 3.8) is 0 Å². The predicted octanol–water partition coefficient (Wildman–Crippen LogP) is 2.00. The van der Waals surface area contributed by atoms with Crippen molar-refractivity contribution in [2.45, 2.75) is 31.7 Å². The van der Waals surface area contributed by atoms with Crippen molar-refractivity contribution < 1.29 is 4.79 Å². The largest absolute Gasteiger partial charge is 0.354 e. The van der Waals surface area contributed by atoms with E-state index in [-0.39, 0.29) is 11.9 Å². The maximum Gasteiger partial charge on any atom is 0.220 e. The Kier molecular flexibility index (Phi) is 6.60. The zero-order valence-corrected chi connectivity index (χ0v) is 10.6. The van der Waals surface area contributed by atoms with Gasteiger partial charge in [-0.3, -0.25) is 4.79 Å². The third-order valence-electron chi connectivity index (χ3n) is 2.72. The summed E-state index contributed by atoms with van der Waals surface area (Å²) in [5.41, 5.74) is 7.01. The number of nitrogens with one attached hydrogen (secondary N) is 1. The molecule has 0 saturated carbocycles. The van der Waals surface area contributed by atoms with Gasteiger partial charge in [-0.1, -0.05) is 30.3 Å². The monoisotopic (exact) mass is 244 g/mol. The van der Waals surface area contributed by atoms with Crippen LogP contribution >= 0.6 is 0 Å². The molecule has 1 unspecified atom stereocenters. The SMILES string of the molecule is C#CCCCCC(=O)NCC(N)c1ccccc1. The fourth-order valence-corrected chi connectivity index (χ4v) is 1.64. The first kappa shape index (κ1) is 14.3. The molecule has 0 spiro atoms. The Labute approximate surface area is 109 Å². The van der Waals surface area contributed by atoms with Crippen LogP contribution in [0, 0.1) is 12.3 Å². The molecule has 1 atom stereocenters. The van der Waals surface area contributed by atoms with Gasteiger partial charge in [0.1, 0.15) is 0 Å². The number of hydrogen-bond acceptors (Lipinski definition) is 2. The van der Waals surface area contributed by atoms with Gasteiger partial charge in [-0.05, 0) is 18.4 Å². The van der Waals surface area contributed by atoms with Crippen molar-refractivity contribution in [1.82, 2.24) is 5.32 Å². The second-order valence-corrected chi connectivity index (χ2v) is 4.23. The number of nitrogens with two attached hydrogens (primary N) is 1. The van der Waals surface area contributed by atoms with E-state index in [1.54, 1.807) is 0 Å². The molecule has 96 valence electrons. The maximum absolute atomic E-state index is 11.5. The molecule has 18 heavy (non-hydrogen) atoms. The Morgan fingerprint density at radius 1 is 1.33 bits per heavy atom. The molecular formula is C15H20N2O. The molecule has 0 aromatic heterocycles. The van der Waals surface area contributed by atoms with Gasteiger partial charge in [0.05, 0.1) is 0 Å². The lowest BCUT2D eigenvalue weighted by Gasteiger charge is -2.13. The van der Waals surface area contributed by atoms with Crippen LogP contribution in [0.3, 0.4) is 0 Å². The van der Waals surface area contributed by atoms with Crippen LogP contribution in [0.25, 0.3) is 0 Å². The van der Waals surface area contributed by atoms with Crippen molar-refractivity contribution in [3.8, 4) is 12.3 Å². The lowest BCUT2D eigenvalue weighted by atomic mass is 10.1. The summed E-state index contributed by atoms with van der Waals surface area (Å²) in [6.45, 7) is 0.470. The number of hydrogen-bond donors (Lipinski definition) is 2. The smallest absolute Gasteiger partial charge is 0.220 e. The van der Waals surface area contributed by atoms with Gasteiger partial charge in [-0.15, -0.1) is 12.3 Å². The van der Waals surface area contributed by atoms with Crippen LogP contribution < -0.4 is 11.1 Å². The fraction of sp³-hybridized carbons (Fsp3) is 0.400. The van der Waals surface area contributed by atoms with Crippen LogP contribution in [0.2, 0.25) is 0 Å². The first-order valence-corrected chi connectivity index (χ1v) is 6.24. The molecule has 0 fully saturated rings. The summed E-state index contributed by atoms with van der Waals surface area (Å²) in [4.78, 5) is 11.5. The molecule has 0 aliphatic carbocycles. The van der Waals surface area contributed by atoms with E-state index in [4.69, 9.17) is 12.2 Å². The van der Waals surface area contributed by atoms with Crippen molar-refractivity contribution in [2.75, 3.05) is 6.54 Å². The topological polar surface area (TPSA) is 55.1 Å². The third kappa shape index (κ3) is 5.51. The van der Waals surface area contributed by atoms with Gasteiger partial charge < -0.3 is 11.1 Å². The van der Waals surface area contributed by atoms with Crippen LogP contribution in [0.1, 0.15) is 37.3 Å². The average molecular weight is 244 g/mol. The molecule has 1 aromatic rings. The van der Waals surface area contributed by atoms with Gasteiger partial charge in [-0.25, -0.2) is 0 Å². The summed E-state index contributed by atoms with van der Waals surface area (Å²) in [5.74, 6) is 2.60. The van der Waals surface area contributed by atoms with Crippen molar-refractivity contribution >= 4 is 5.91 Å². The van der Waals surface area contributed by atoms with Gasteiger partial charge in [0.2, 0.25) is 5.91 Å². The first-order valence-electron chi connectivity index (χ1n) is 6.24. The van der Waals surface area contributed by atoms with Gasteiger partial charge in [0.25, 0.3) is 0 Å². The summed E-state index contributed by atoms with van der Waals surface area (Å²) >= 11 is 0. The van der Waals surface area contributed by atoms with E-state index in [1.807, 2.05) is 30.3 Å². The Balaban J connectivity index is 2.20. The Morgan fingerprint density at radius 2 is 2.06 bits per heavy atom. The lowest BCUT2D eigenvalue weighted by Crippen LogP contribution is -2.31. The molecule has 0 aliphatic rings. The van der Waals surface area contributed by atoms with Crippen molar-refractivity contribution in [1.29, 1.82) is 0 Å². The van der Waals surface area contributed by atoms with Gasteiger partial charge in [0.15, 0.2) is 0 Å². The summed E-state index contributed by atoms with van der Waals surface area (Å²) in [5, 5.41) is 2.84. The molecule has 0 bridgehead atoms. The molecular weight excluding hydrogens is 224 g/mol. The molecule has 1 aromatic carbocycles. The Hall–Kier alpha value is -1.79. The van der Waals surface area contributed by atoms with E-state index in [9.17, 15) is 4.79 Å². The highest BCUT2D eigenvalue weighted by Crippen LogP contribution is 2.08. The minimum atomic E-state index is -0.152. The normalized spacial score (nSPS) is 11.6. The van der Waals surface area contributed by atoms with Crippen LogP contribution in [0.5, 0.6) is 0 Å². The van der Waals surface area contributed by atoms with E-state index in [1.165, 1.54) is 0 Å². The number of carbonyl (C=O) groups is 1. The van der Waals surface area contributed by atoms with Crippen molar-refractivity contribution in [3.05, 3.63) is 35.9 Å². The quantitative estimate of drug-likeness (QED) is 0.569. The maximum atomic E-state index is 11.5. The second-order valence-electron chi connectivity index (χ2n) is 4.23. The van der Waals surface area contributed by atoms with E-state index in [0.29, 0.717) is 13.0 Å². The molecule has 0 heterocycles. The predicted molar refractivity (Wildman–Crippen MR) is 73.7 cm³/mol. The van der Waals surface area contributed by atoms with E-state index < -0.39 is 0 Å². The van der Waals surface area contributed by atoms with Crippen molar-refractivity contribution in [2.24, 2.45) is 5.73 Å². The summed E-state index contributed by atoms with van der Waals surface area (Å²) < 4.78 is 0. The molecule has 0 aliphatic heterocycles. The van der Waals surface area contributed by atoms with Gasteiger partial charge in [0, 0.05) is 25.4 Å². The molecule has 0 radical (unpaired) electrons. The van der Waals surface area contributed by atoms with Crippen LogP contribution in [-0.4, -0.2) is 12.5 Å². The number of benzene rings is 1. The van der Waals surface area contributed by atoms with Gasteiger partial charge in [-0.2, -0.15) is 0 Å². The number of terminal acetylenes is 1. The second kappa shape index (κ2) is 8.32. The number of unbranched alkanes of at least 4 members (excludes halogenated alkanes) is 2. The first-order chi connectivity index (χ1) is 8.74. The highest BCUT2D eigenvalue weighted by molar-refractivity contribution is 5.75. The number of amides is 1. The molecule has 0 saturated heterocycles. The number of carbonyl (C=O) groups excluding carboxylic acids is 1.